The van der Waals surface area contributed by atoms with Crippen molar-refractivity contribution in [3.63, 3.8) is 0 Å². The summed E-state index contributed by atoms with van der Waals surface area (Å²) in [5.41, 5.74) is 0.591. The third kappa shape index (κ3) is 9.42. The van der Waals surface area contributed by atoms with E-state index in [1.165, 1.54) is 5.56 Å². The summed E-state index contributed by atoms with van der Waals surface area (Å²) < 4.78 is 5.96. The molecule has 1 rings (SSSR count). The Hall–Kier alpha value is -2.08. The fourth-order valence-corrected chi connectivity index (χ4v) is 2.53. The van der Waals surface area contributed by atoms with Crippen molar-refractivity contribution in [1.82, 2.24) is 10.6 Å². The summed E-state index contributed by atoms with van der Waals surface area (Å²) in [5.74, 6) is -0.215. The van der Waals surface area contributed by atoms with Gasteiger partial charge in [-0.15, -0.1) is 0 Å². The lowest BCUT2D eigenvalue weighted by molar-refractivity contribution is -0.889. The highest BCUT2D eigenvalue weighted by atomic mass is 16.6. The SMILES string of the molecule is CC[N+](C)(C)CC(Cc1ccccc1)NC(=O)CNC(=O)OC(C)(C)C. The van der Waals surface area contributed by atoms with Gasteiger partial charge in [-0.2, -0.15) is 0 Å². The molecular formula is C20H34N3O3+. The molecule has 6 heteroatoms. The van der Waals surface area contributed by atoms with Gasteiger partial charge < -0.3 is 19.9 Å². The van der Waals surface area contributed by atoms with Crippen LogP contribution in [0.3, 0.4) is 0 Å². The van der Waals surface area contributed by atoms with Gasteiger partial charge in [0.05, 0.1) is 33.2 Å². The Morgan fingerprint density at radius 3 is 2.31 bits per heavy atom. The highest BCUT2D eigenvalue weighted by molar-refractivity contribution is 5.82. The summed E-state index contributed by atoms with van der Waals surface area (Å²) in [4.78, 5) is 24.0. The van der Waals surface area contributed by atoms with Crippen molar-refractivity contribution in [2.45, 2.75) is 45.8 Å². The Labute approximate surface area is 157 Å². The minimum Gasteiger partial charge on any atom is -0.444 e. The Morgan fingerprint density at radius 1 is 1.15 bits per heavy atom. The molecule has 0 saturated carbocycles. The zero-order valence-electron chi connectivity index (χ0n) is 17.0. The molecule has 0 spiro atoms. The topological polar surface area (TPSA) is 67.4 Å². The van der Waals surface area contributed by atoms with Crippen molar-refractivity contribution in [3.8, 4) is 0 Å². The number of rotatable bonds is 8. The molecule has 0 aliphatic heterocycles. The molecule has 1 atom stereocenters. The molecular weight excluding hydrogens is 330 g/mol. The maximum atomic E-state index is 12.3. The maximum Gasteiger partial charge on any atom is 0.408 e. The molecule has 0 fully saturated rings. The Balaban J connectivity index is 2.63. The van der Waals surface area contributed by atoms with Gasteiger partial charge in [0.25, 0.3) is 0 Å². The second kappa shape index (κ2) is 9.57. The number of nitrogens with zero attached hydrogens (tertiary/aromatic N) is 1. The van der Waals surface area contributed by atoms with Crippen molar-refractivity contribution < 1.29 is 18.8 Å². The minimum absolute atomic E-state index is 0.0136. The Kier molecular flexibility index (Phi) is 8.08. The lowest BCUT2D eigenvalue weighted by Gasteiger charge is -2.33. The molecule has 1 aromatic rings. The standard InChI is InChI=1S/C20H33N3O3/c1-7-23(5,6)15-17(13-16-11-9-8-10-12-16)22-18(24)14-21-19(25)26-20(2,3)4/h8-12,17H,7,13-15H2,1-6H3,(H-,21,22,24,25)/p+1. The van der Waals surface area contributed by atoms with E-state index < -0.39 is 11.7 Å². The number of alkyl carbamates (subject to hydrolysis) is 1. The number of ether oxygens (including phenoxy) is 1. The van der Waals surface area contributed by atoms with Crippen molar-refractivity contribution in [2.75, 3.05) is 33.7 Å². The van der Waals surface area contributed by atoms with Gasteiger partial charge in [0, 0.05) is 0 Å². The highest BCUT2D eigenvalue weighted by Gasteiger charge is 2.23. The first-order valence-corrected chi connectivity index (χ1v) is 9.13. The first-order valence-electron chi connectivity index (χ1n) is 9.13. The zero-order chi connectivity index (χ0) is 19.8. The molecule has 2 N–H and O–H groups in total. The first kappa shape index (κ1) is 22.0. The molecule has 1 aromatic carbocycles. The molecule has 0 saturated heterocycles. The van der Waals surface area contributed by atoms with E-state index >= 15 is 0 Å². The van der Waals surface area contributed by atoms with E-state index in [1.54, 1.807) is 20.8 Å². The van der Waals surface area contributed by atoms with Crippen LogP contribution in [0.15, 0.2) is 30.3 Å². The van der Waals surface area contributed by atoms with Crippen LogP contribution < -0.4 is 10.6 Å². The molecule has 146 valence electrons. The fourth-order valence-electron chi connectivity index (χ4n) is 2.53. The van der Waals surface area contributed by atoms with Gasteiger partial charge in [0.15, 0.2) is 0 Å². The van der Waals surface area contributed by atoms with E-state index in [4.69, 9.17) is 4.74 Å². The van der Waals surface area contributed by atoms with E-state index in [2.05, 4.69) is 43.8 Å². The molecule has 26 heavy (non-hydrogen) atoms. The minimum atomic E-state index is -0.586. The van der Waals surface area contributed by atoms with E-state index in [1.807, 2.05) is 18.2 Å². The summed E-state index contributed by atoms with van der Waals surface area (Å²) in [6.45, 7) is 9.17. The van der Waals surface area contributed by atoms with Gasteiger partial charge in [0.2, 0.25) is 5.91 Å². The summed E-state index contributed by atoms with van der Waals surface area (Å²) in [6.07, 6.45) is 0.165. The van der Waals surface area contributed by atoms with Crippen LogP contribution in [-0.2, 0) is 16.0 Å². The molecule has 6 nitrogen and oxygen atoms in total. The predicted molar refractivity (Wildman–Crippen MR) is 104 cm³/mol. The lowest BCUT2D eigenvalue weighted by Crippen LogP contribution is -2.53. The fraction of sp³-hybridized carbons (Fsp3) is 0.600. The van der Waals surface area contributed by atoms with Crippen molar-refractivity contribution in [2.24, 2.45) is 0 Å². The van der Waals surface area contributed by atoms with Gasteiger partial charge in [-0.05, 0) is 39.7 Å². The maximum absolute atomic E-state index is 12.3. The normalized spacial score (nSPS) is 13.0. The number of hydrogen-bond acceptors (Lipinski definition) is 3. The van der Waals surface area contributed by atoms with Crippen LogP contribution in [0.25, 0.3) is 0 Å². The third-order valence-electron chi connectivity index (χ3n) is 4.05. The third-order valence-corrected chi connectivity index (χ3v) is 4.05. The smallest absolute Gasteiger partial charge is 0.408 e. The average molecular weight is 365 g/mol. The van der Waals surface area contributed by atoms with Gasteiger partial charge in [-0.25, -0.2) is 4.79 Å². The Bertz CT molecular complexity index is 580. The summed E-state index contributed by atoms with van der Waals surface area (Å²) >= 11 is 0. The first-order chi connectivity index (χ1) is 12.0. The van der Waals surface area contributed by atoms with E-state index in [9.17, 15) is 9.59 Å². The molecule has 0 aliphatic carbocycles. The van der Waals surface area contributed by atoms with Crippen molar-refractivity contribution >= 4 is 12.0 Å². The number of amides is 2. The number of nitrogens with one attached hydrogen (secondary N) is 2. The monoisotopic (exact) mass is 364 g/mol. The van der Waals surface area contributed by atoms with E-state index in [0.717, 1.165) is 24.0 Å². The summed E-state index contributed by atoms with van der Waals surface area (Å²) in [7, 11) is 4.28. The average Bonchev–Trinajstić information content (AvgIpc) is 2.52. The quantitative estimate of drug-likeness (QED) is 0.696. The van der Waals surface area contributed by atoms with Crippen LogP contribution in [0, 0.1) is 0 Å². The van der Waals surface area contributed by atoms with Gasteiger partial charge in [-0.1, -0.05) is 30.3 Å². The lowest BCUT2D eigenvalue weighted by atomic mass is 10.0. The van der Waals surface area contributed by atoms with Crippen LogP contribution >= 0.6 is 0 Å². The number of benzene rings is 1. The van der Waals surface area contributed by atoms with Gasteiger partial charge in [-0.3, -0.25) is 4.79 Å². The summed E-state index contributed by atoms with van der Waals surface area (Å²) in [6, 6.07) is 10.1. The number of hydrogen-bond donors (Lipinski definition) is 2. The van der Waals surface area contributed by atoms with Gasteiger partial charge in [0.1, 0.15) is 12.1 Å². The van der Waals surface area contributed by atoms with Crippen LogP contribution in [0.5, 0.6) is 0 Å². The van der Waals surface area contributed by atoms with Crippen molar-refractivity contribution in [3.05, 3.63) is 35.9 Å². The van der Waals surface area contributed by atoms with Crippen LogP contribution in [0.4, 0.5) is 4.79 Å². The predicted octanol–water partition coefficient (Wildman–Crippen LogP) is 2.33. The molecule has 2 amide bonds. The zero-order valence-corrected chi connectivity index (χ0v) is 17.0. The van der Waals surface area contributed by atoms with Crippen LogP contribution in [0.1, 0.15) is 33.3 Å². The molecule has 0 bridgehead atoms. The molecule has 0 radical (unpaired) electrons. The van der Waals surface area contributed by atoms with E-state index in [-0.39, 0.29) is 18.5 Å². The van der Waals surface area contributed by atoms with Crippen LogP contribution in [-0.4, -0.2) is 61.9 Å². The second-order valence-corrected chi connectivity index (χ2v) is 8.24. The van der Waals surface area contributed by atoms with Crippen molar-refractivity contribution in [1.29, 1.82) is 0 Å². The Morgan fingerprint density at radius 2 is 1.77 bits per heavy atom. The number of carbonyl (C=O) groups is 2. The second-order valence-electron chi connectivity index (χ2n) is 8.24. The highest BCUT2D eigenvalue weighted by Crippen LogP contribution is 2.08. The number of quaternary nitrogens is 1. The molecule has 1 unspecified atom stereocenters. The van der Waals surface area contributed by atoms with Gasteiger partial charge >= 0.3 is 6.09 Å². The largest absolute Gasteiger partial charge is 0.444 e. The van der Waals surface area contributed by atoms with E-state index in [0.29, 0.717) is 0 Å². The van der Waals surface area contributed by atoms with Crippen LogP contribution in [0.2, 0.25) is 0 Å². The molecule has 0 aliphatic rings. The number of likely N-dealkylation sites (N-methyl/N-ethyl adjacent to an activating group) is 1. The number of carbonyl (C=O) groups excluding carboxylic acids is 2. The summed E-state index contributed by atoms with van der Waals surface area (Å²) in [5, 5.41) is 5.56. The molecule has 0 heterocycles. The molecule has 0 aromatic heterocycles.